The van der Waals surface area contributed by atoms with Crippen molar-refractivity contribution in [3.05, 3.63) is 30.6 Å². The molecule has 1 aromatic rings. The third-order valence-electron chi connectivity index (χ3n) is 4.24. The Hall–Kier alpha value is -0.940. The summed E-state index contributed by atoms with van der Waals surface area (Å²) < 4.78 is 2.15. The fraction of sp³-hybridized carbons (Fsp3) is 0.647. The Labute approximate surface area is 143 Å². The Morgan fingerprint density at radius 3 is 2.68 bits per heavy atom. The molecule has 1 aliphatic heterocycles. The second-order valence-corrected chi connectivity index (χ2v) is 5.82. The summed E-state index contributed by atoms with van der Waals surface area (Å²) in [7, 11) is 0. The molecule has 2 heterocycles. The van der Waals surface area contributed by atoms with E-state index in [1.165, 1.54) is 6.42 Å². The number of aryl methyl sites for hydroxylation is 1. The van der Waals surface area contributed by atoms with E-state index in [1.54, 1.807) is 0 Å². The lowest BCUT2D eigenvalue weighted by Crippen LogP contribution is -3.00. The van der Waals surface area contributed by atoms with E-state index in [1.807, 2.05) is 23.1 Å². The number of rotatable bonds is 7. The molecule has 1 atom stereocenters. The molecule has 1 aromatic heterocycles. The molecule has 2 rings (SSSR count). The summed E-state index contributed by atoms with van der Waals surface area (Å²) in [6.45, 7) is 2.02. The Morgan fingerprint density at radius 1 is 1.18 bits per heavy atom. The van der Waals surface area contributed by atoms with E-state index in [0.29, 0.717) is 6.42 Å². The number of nitrogens with zero attached hydrogens (tertiary/aromatic N) is 2. The van der Waals surface area contributed by atoms with Crippen molar-refractivity contribution in [1.82, 2.24) is 4.90 Å². The molecule has 1 unspecified atom stereocenters. The van der Waals surface area contributed by atoms with Crippen molar-refractivity contribution in [3.8, 4) is 0 Å². The SMILES string of the molecule is O=C(CCCC[n+]1ccccc1)N1CCCCC1CCO.[Br-]. The van der Waals surface area contributed by atoms with E-state index in [2.05, 4.69) is 17.0 Å². The van der Waals surface area contributed by atoms with Gasteiger partial charge < -0.3 is 27.0 Å². The zero-order valence-corrected chi connectivity index (χ0v) is 14.7. The lowest BCUT2D eigenvalue weighted by Gasteiger charge is -2.35. The maximum atomic E-state index is 12.3. The standard InChI is InChI=1S/C17H27N2O2.BrH/c20-15-10-16-8-2-7-14-19(16)17(21)9-3-6-13-18-11-4-1-5-12-18;/h1,4-5,11-12,16,20H,2-3,6-10,13-15H2;1H/q+1;/p-1. The van der Waals surface area contributed by atoms with Gasteiger partial charge in [0.1, 0.15) is 6.54 Å². The second kappa shape index (κ2) is 10.7. The van der Waals surface area contributed by atoms with Crippen LogP contribution in [0.5, 0.6) is 0 Å². The van der Waals surface area contributed by atoms with Crippen LogP contribution in [0.4, 0.5) is 0 Å². The largest absolute Gasteiger partial charge is 1.00 e. The predicted octanol–water partition coefficient (Wildman–Crippen LogP) is -1.09. The smallest absolute Gasteiger partial charge is 0.222 e. The first kappa shape index (κ1) is 19.1. The van der Waals surface area contributed by atoms with E-state index in [4.69, 9.17) is 5.11 Å². The normalized spacial score (nSPS) is 17.9. The van der Waals surface area contributed by atoms with Gasteiger partial charge in [0, 0.05) is 44.2 Å². The van der Waals surface area contributed by atoms with Crippen molar-refractivity contribution >= 4 is 5.91 Å². The number of likely N-dealkylation sites (tertiary alicyclic amines) is 1. The molecule has 1 amide bonds. The molecule has 22 heavy (non-hydrogen) atoms. The van der Waals surface area contributed by atoms with Gasteiger partial charge in [-0.3, -0.25) is 4.79 Å². The zero-order chi connectivity index (χ0) is 14.9. The van der Waals surface area contributed by atoms with Crippen LogP contribution in [0, 0.1) is 0 Å². The highest BCUT2D eigenvalue weighted by Gasteiger charge is 2.25. The van der Waals surface area contributed by atoms with Crippen molar-refractivity contribution in [2.24, 2.45) is 0 Å². The number of hydrogen-bond donors (Lipinski definition) is 1. The molecule has 0 aromatic carbocycles. The van der Waals surface area contributed by atoms with Gasteiger partial charge in [-0.15, -0.1) is 0 Å². The van der Waals surface area contributed by atoms with Gasteiger partial charge in [0.15, 0.2) is 12.4 Å². The molecule has 4 nitrogen and oxygen atoms in total. The number of hydrogen-bond acceptors (Lipinski definition) is 2. The van der Waals surface area contributed by atoms with E-state index in [9.17, 15) is 4.79 Å². The lowest BCUT2D eigenvalue weighted by atomic mass is 9.99. The number of carbonyl (C=O) groups is 1. The summed E-state index contributed by atoms with van der Waals surface area (Å²) in [5.41, 5.74) is 0. The van der Waals surface area contributed by atoms with Gasteiger partial charge >= 0.3 is 0 Å². The monoisotopic (exact) mass is 370 g/mol. The van der Waals surface area contributed by atoms with Crippen LogP contribution in [0.15, 0.2) is 30.6 Å². The molecule has 1 fully saturated rings. The summed E-state index contributed by atoms with van der Waals surface area (Å²) in [6.07, 6.45) is 10.8. The third kappa shape index (κ3) is 6.05. The maximum Gasteiger partial charge on any atom is 0.222 e. The molecule has 1 saturated heterocycles. The van der Waals surface area contributed by atoms with Crippen molar-refractivity contribution in [2.75, 3.05) is 13.2 Å². The van der Waals surface area contributed by atoms with Gasteiger partial charge in [-0.05, 0) is 32.1 Å². The number of aliphatic hydroxyl groups is 1. The van der Waals surface area contributed by atoms with E-state index in [0.717, 1.165) is 45.2 Å². The molecular weight excluding hydrogens is 344 g/mol. The minimum atomic E-state index is 0. The fourth-order valence-electron chi connectivity index (χ4n) is 3.08. The molecule has 5 heteroatoms. The summed E-state index contributed by atoms with van der Waals surface area (Å²) in [5.74, 6) is 0.270. The molecule has 0 bridgehead atoms. The van der Waals surface area contributed by atoms with Gasteiger partial charge in [0.2, 0.25) is 5.91 Å². The van der Waals surface area contributed by atoms with Gasteiger partial charge in [0.05, 0.1) is 0 Å². The van der Waals surface area contributed by atoms with Crippen LogP contribution < -0.4 is 21.5 Å². The number of halogens is 1. The molecule has 1 aliphatic rings. The second-order valence-electron chi connectivity index (χ2n) is 5.82. The third-order valence-corrected chi connectivity index (χ3v) is 4.24. The average Bonchev–Trinajstić information content (AvgIpc) is 2.53. The number of aliphatic hydroxyl groups excluding tert-OH is 1. The molecule has 0 saturated carbocycles. The summed E-state index contributed by atoms with van der Waals surface area (Å²) in [5, 5.41) is 9.12. The zero-order valence-electron chi connectivity index (χ0n) is 13.2. The Bertz CT molecular complexity index is 426. The van der Waals surface area contributed by atoms with Crippen LogP contribution in [-0.2, 0) is 11.3 Å². The first-order valence-corrected chi connectivity index (χ1v) is 8.15. The predicted molar refractivity (Wildman–Crippen MR) is 81.5 cm³/mol. The van der Waals surface area contributed by atoms with E-state index >= 15 is 0 Å². The Kier molecular flexibility index (Phi) is 9.32. The fourth-order valence-corrected chi connectivity index (χ4v) is 3.08. The molecule has 0 spiro atoms. The van der Waals surface area contributed by atoms with Gasteiger partial charge in [0.25, 0.3) is 0 Å². The number of amides is 1. The molecule has 124 valence electrons. The molecule has 1 N–H and O–H groups in total. The van der Waals surface area contributed by atoms with Crippen molar-refractivity contribution in [1.29, 1.82) is 0 Å². The van der Waals surface area contributed by atoms with Crippen LogP contribution >= 0.6 is 0 Å². The summed E-state index contributed by atoms with van der Waals surface area (Å²) >= 11 is 0. The lowest BCUT2D eigenvalue weighted by molar-refractivity contribution is -0.697. The highest BCUT2D eigenvalue weighted by molar-refractivity contribution is 5.76. The van der Waals surface area contributed by atoms with Crippen LogP contribution in [0.3, 0.4) is 0 Å². The van der Waals surface area contributed by atoms with Crippen LogP contribution in [-0.4, -0.2) is 35.1 Å². The van der Waals surface area contributed by atoms with Gasteiger partial charge in [-0.1, -0.05) is 6.07 Å². The topological polar surface area (TPSA) is 44.4 Å². The number of aromatic nitrogens is 1. The van der Waals surface area contributed by atoms with Crippen LogP contribution in [0.25, 0.3) is 0 Å². The minimum Gasteiger partial charge on any atom is -1.00 e. The van der Waals surface area contributed by atoms with E-state index < -0.39 is 0 Å². The number of unbranched alkanes of at least 4 members (excludes halogenated alkanes) is 1. The number of pyridine rings is 1. The molecule has 0 radical (unpaired) electrons. The average molecular weight is 371 g/mol. The first-order valence-electron chi connectivity index (χ1n) is 8.15. The number of carbonyl (C=O) groups excluding carboxylic acids is 1. The highest BCUT2D eigenvalue weighted by Crippen LogP contribution is 2.20. The van der Waals surface area contributed by atoms with Crippen LogP contribution in [0.2, 0.25) is 0 Å². The van der Waals surface area contributed by atoms with Crippen molar-refractivity contribution < 1.29 is 31.4 Å². The van der Waals surface area contributed by atoms with Crippen molar-refractivity contribution in [2.45, 2.75) is 57.5 Å². The van der Waals surface area contributed by atoms with E-state index in [-0.39, 0.29) is 35.5 Å². The summed E-state index contributed by atoms with van der Waals surface area (Å²) in [6, 6.07) is 6.33. The van der Waals surface area contributed by atoms with Gasteiger partial charge in [-0.25, -0.2) is 4.57 Å². The van der Waals surface area contributed by atoms with Crippen molar-refractivity contribution in [3.63, 3.8) is 0 Å². The molecule has 0 aliphatic carbocycles. The minimum absolute atomic E-state index is 0. The number of piperidine rings is 1. The Morgan fingerprint density at radius 2 is 1.95 bits per heavy atom. The molecular formula is C17H27BrN2O2. The van der Waals surface area contributed by atoms with Crippen LogP contribution in [0.1, 0.15) is 44.9 Å². The maximum absolute atomic E-state index is 12.3. The first-order chi connectivity index (χ1) is 10.3. The summed E-state index contributed by atoms with van der Waals surface area (Å²) in [4.78, 5) is 14.3. The quantitative estimate of drug-likeness (QED) is 0.489. The highest BCUT2D eigenvalue weighted by atomic mass is 79.9. The van der Waals surface area contributed by atoms with Gasteiger partial charge in [-0.2, -0.15) is 0 Å². The Balaban J connectivity index is 0.00000242.